The summed E-state index contributed by atoms with van der Waals surface area (Å²) in [4.78, 5) is 35.8. The van der Waals surface area contributed by atoms with Crippen LogP contribution in [0, 0.1) is 10.1 Å². The molecule has 146 valence electrons. The molecule has 6 heteroatoms. The third kappa shape index (κ3) is 3.42. The number of non-ortho nitro benzene ring substituents is 1. The van der Waals surface area contributed by atoms with Crippen molar-refractivity contribution < 1.29 is 18.9 Å². The van der Waals surface area contributed by atoms with E-state index in [2.05, 4.69) is 0 Å². The quantitative estimate of drug-likeness (QED) is 0.184. The second-order valence-corrected chi connectivity index (χ2v) is 6.53. The highest BCUT2D eigenvalue weighted by molar-refractivity contribution is 6.17. The predicted molar refractivity (Wildman–Crippen MR) is 111 cm³/mol. The van der Waals surface area contributed by atoms with Crippen LogP contribution in [0.2, 0.25) is 0 Å². The molecule has 6 nitrogen and oxygen atoms in total. The largest absolute Gasteiger partial charge is 0.452 e. The van der Waals surface area contributed by atoms with E-state index in [1.54, 1.807) is 54.6 Å². The molecule has 0 bridgehead atoms. The molecular weight excluding hydrogens is 382 g/mol. The molecule has 30 heavy (non-hydrogen) atoms. The minimum Gasteiger partial charge on any atom is -0.452 e. The van der Waals surface area contributed by atoms with Gasteiger partial charge in [0.1, 0.15) is 5.76 Å². The van der Waals surface area contributed by atoms with Gasteiger partial charge in [0.25, 0.3) is 5.69 Å². The van der Waals surface area contributed by atoms with Gasteiger partial charge < -0.3 is 4.42 Å². The molecule has 4 rings (SSSR count). The number of nitrogens with zero attached hydrogens (tertiary/aromatic N) is 1. The Balaban J connectivity index is 1.99. The van der Waals surface area contributed by atoms with Crippen LogP contribution in [0.5, 0.6) is 0 Å². The van der Waals surface area contributed by atoms with E-state index in [1.165, 1.54) is 24.3 Å². The Kier molecular flexibility index (Phi) is 5.05. The van der Waals surface area contributed by atoms with Gasteiger partial charge in [-0.25, -0.2) is 0 Å². The van der Waals surface area contributed by atoms with Crippen molar-refractivity contribution in [3.05, 3.63) is 112 Å². The molecule has 0 radical (unpaired) electrons. The first-order chi connectivity index (χ1) is 14.6. The predicted octanol–water partition coefficient (Wildman–Crippen LogP) is 5.57. The molecule has 4 aromatic rings. The minimum atomic E-state index is -0.509. The van der Waals surface area contributed by atoms with Gasteiger partial charge in [-0.2, -0.15) is 0 Å². The SMILES string of the molecule is O=Cc1oc(-c2ccccc2)c(C(=O)c2ccccc2)c1-c1ccc([N+](=O)[O-])cc1. The highest BCUT2D eigenvalue weighted by Crippen LogP contribution is 2.39. The lowest BCUT2D eigenvalue weighted by Gasteiger charge is -2.07. The van der Waals surface area contributed by atoms with Gasteiger partial charge in [0.15, 0.2) is 17.8 Å². The number of aldehydes is 1. The molecule has 0 atom stereocenters. The van der Waals surface area contributed by atoms with E-state index in [4.69, 9.17) is 4.42 Å². The Morgan fingerprint density at radius 3 is 2.00 bits per heavy atom. The van der Waals surface area contributed by atoms with E-state index in [0.717, 1.165) is 0 Å². The molecule has 1 aromatic heterocycles. The van der Waals surface area contributed by atoms with Gasteiger partial charge >= 0.3 is 0 Å². The van der Waals surface area contributed by atoms with Gasteiger partial charge in [-0.1, -0.05) is 60.7 Å². The summed E-state index contributed by atoms with van der Waals surface area (Å²) in [7, 11) is 0. The molecule has 3 aromatic carbocycles. The third-order valence-corrected chi connectivity index (χ3v) is 4.71. The lowest BCUT2D eigenvalue weighted by Crippen LogP contribution is -2.04. The molecule has 0 spiro atoms. The summed E-state index contributed by atoms with van der Waals surface area (Å²) in [5, 5.41) is 11.0. The van der Waals surface area contributed by atoms with Crippen LogP contribution in [0.1, 0.15) is 26.5 Å². The molecule has 1 heterocycles. The standard InChI is InChI=1S/C24H15NO5/c26-15-20-21(16-11-13-19(14-12-16)25(28)29)22(23(27)17-7-3-1-4-8-17)24(30-20)18-9-5-2-6-10-18/h1-15H. The zero-order chi connectivity index (χ0) is 21.1. The van der Waals surface area contributed by atoms with Crippen molar-refractivity contribution in [1.82, 2.24) is 0 Å². The number of furan rings is 1. The summed E-state index contributed by atoms with van der Waals surface area (Å²) < 4.78 is 5.83. The van der Waals surface area contributed by atoms with Crippen LogP contribution in [0.4, 0.5) is 5.69 Å². The van der Waals surface area contributed by atoms with Crippen LogP contribution in [0.3, 0.4) is 0 Å². The van der Waals surface area contributed by atoms with Crippen LogP contribution in [-0.4, -0.2) is 17.0 Å². The van der Waals surface area contributed by atoms with Crippen molar-refractivity contribution >= 4 is 17.8 Å². The normalized spacial score (nSPS) is 10.5. The first-order valence-corrected chi connectivity index (χ1v) is 9.12. The number of nitro groups is 1. The Labute approximate surface area is 171 Å². The molecule has 0 fully saturated rings. The number of benzene rings is 3. The maximum atomic E-state index is 13.5. The van der Waals surface area contributed by atoms with E-state index < -0.39 is 4.92 Å². The summed E-state index contributed by atoms with van der Waals surface area (Å²) in [5.41, 5.74) is 2.03. The lowest BCUT2D eigenvalue weighted by atomic mass is 9.92. The highest BCUT2D eigenvalue weighted by Gasteiger charge is 2.28. The molecule has 0 aliphatic carbocycles. The van der Waals surface area contributed by atoms with Gasteiger partial charge in [-0.15, -0.1) is 0 Å². The van der Waals surface area contributed by atoms with Crippen molar-refractivity contribution in [2.24, 2.45) is 0 Å². The van der Waals surface area contributed by atoms with Crippen molar-refractivity contribution in [2.45, 2.75) is 0 Å². The third-order valence-electron chi connectivity index (χ3n) is 4.71. The maximum Gasteiger partial charge on any atom is 0.269 e. The van der Waals surface area contributed by atoms with Crippen LogP contribution < -0.4 is 0 Å². The fourth-order valence-corrected chi connectivity index (χ4v) is 3.31. The number of hydrogen-bond donors (Lipinski definition) is 0. The second-order valence-electron chi connectivity index (χ2n) is 6.53. The van der Waals surface area contributed by atoms with Crippen molar-refractivity contribution in [2.75, 3.05) is 0 Å². The summed E-state index contributed by atoms with van der Waals surface area (Å²) in [6, 6.07) is 23.4. The van der Waals surface area contributed by atoms with Crippen LogP contribution >= 0.6 is 0 Å². The molecule has 0 saturated carbocycles. The van der Waals surface area contributed by atoms with Crippen molar-refractivity contribution in [3.8, 4) is 22.5 Å². The van der Waals surface area contributed by atoms with Crippen LogP contribution in [-0.2, 0) is 0 Å². The fraction of sp³-hybridized carbons (Fsp3) is 0. The topological polar surface area (TPSA) is 90.4 Å². The van der Waals surface area contributed by atoms with Crippen molar-refractivity contribution in [1.29, 1.82) is 0 Å². The van der Waals surface area contributed by atoms with Crippen LogP contribution in [0.15, 0.2) is 89.3 Å². The first-order valence-electron chi connectivity index (χ1n) is 9.12. The smallest absolute Gasteiger partial charge is 0.269 e. The van der Waals surface area contributed by atoms with E-state index >= 15 is 0 Å². The summed E-state index contributed by atoms with van der Waals surface area (Å²) in [5.74, 6) is -0.0402. The minimum absolute atomic E-state index is 0.0120. The Bertz CT molecular complexity index is 1230. The number of ketones is 1. The average Bonchev–Trinajstić information content (AvgIpc) is 3.19. The molecule has 0 aliphatic heterocycles. The lowest BCUT2D eigenvalue weighted by molar-refractivity contribution is -0.384. The van der Waals surface area contributed by atoms with E-state index in [0.29, 0.717) is 28.5 Å². The number of rotatable bonds is 6. The van der Waals surface area contributed by atoms with Gasteiger partial charge in [0, 0.05) is 28.8 Å². The molecule has 0 unspecified atom stereocenters. The van der Waals surface area contributed by atoms with E-state index in [9.17, 15) is 19.7 Å². The number of carbonyl (C=O) groups excluding carboxylic acids is 2. The first kappa shape index (κ1) is 19.0. The van der Waals surface area contributed by atoms with E-state index in [-0.39, 0.29) is 28.6 Å². The summed E-state index contributed by atoms with van der Waals surface area (Å²) in [6.45, 7) is 0. The molecule has 0 amide bonds. The van der Waals surface area contributed by atoms with Crippen LogP contribution in [0.25, 0.3) is 22.5 Å². The second kappa shape index (κ2) is 7.97. The molecule has 0 aliphatic rings. The molecule has 0 saturated heterocycles. The Morgan fingerprint density at radius 1 is 0.833 bits per heavy atom. The number of hydrogen-bond acceptors (Lipinski definition) is 5. The van der Waals surface area contributed by atoms with Crippen molar-refractivity contribution in [3.63, 3.8) is 0 Å². The Hall–Kier alpha value is -4.32. The molecule has 0 N–H and O–H groups in total. The average molecular weight is 397 g/mol. The monoisotopic (exact) mass is 397 g/mol. The zero-order valence-corrected chi connectivity index (χ0v) is 15.6. The van der Waals surface area contributed by atoms with Gasteiger partial charge in [0.05, 0.1) is 10.5 Å². The summed E-state index contributed by atoms with van der Waals surface area (Å²) >= 11 is 0. The maximum absolute atomic E-state index is 13.5. The number of carbonyl (C=O) groups is 2. The zero-order valence-electron chi connectivity index (χ0n) is 15.6. The van der Waals surface area contributed by atoms with Gasteiger partial charge in [-0.05, 0) is 17.7 Å². The fourth-order valence-electron chi connectivity index (χ4n) is 3.31. The van der Waals surface area contributed by atoms with Gasteiger partial charge in [0.2, 0.25) is 0 Å². The Morgan fingerprint density at radius 2 is 1.43 bits per heavy atom. The van der Waals surface area contributed by atoms with E-state index in [1.807, 2.05) is 6.07 Å². The van der Waals surface area contributed by atoms with Gasteiger partial charge in [-0.3, -0.25) is 19.7 Å². The number of nitro benzene ring substituents is 1. The molecular formula is C24H15NO5. The highest BCUT2D eigenvalue weighted by atomic mass is 16.6. The summed E-state index contributed by atoms with van der Waals surface area (Å²) in [6.07, 6.45) is 0.547.